The van der Waals surface area contributed by atoms with Gasteiger partial charge >= 0.3 is 17.9 Å². The Kier molecular flexibility index (Phi) is 13.8. The summed E-state index contributed by atoms with van der Waals surface area (Å²) >= 11 is 0. The van der Waals surface area contributed by atoms with Crippen molar-refractivity contribution in [2.45, 2.75) is 12.8 Å². The van der Waals surface area contributed by atoms with Crippen molar-refractivity contribution in [3.8, 4) is 17.2 Å². The average Bonchev–Trinajstić information content (AvgIpc) is 3.05. The molecule has 0 saturated heterocycles. The molecule has 0 aliphatic carbocycles. The molecule has 3 rings (SSSR count). The monoisotopic (exact) mass is 600 g/mol. The molecule has 0 heterocycles. The molecular formula is C35H36O9. The quantitative estimate of drug-likeness (QED) is 0.0795. The maximum absolute atomic E-state index is 11.6. The Bertz CT molecular complexity index is 1350. The van der Waals surface area contributed by atoms with Crippen molar-refractivity contribution in [2.24, 2.45) is 0 Å². The van der Waals surface area contributed by atoms with E-state index < -0.39 is 17.9 Å². The van der Waals surface area contributed by atoms with E-state index >= 15 is 0 Å². The second-order valence-corrected chi connectivity index (χ2v) is 9.13. The van der Waals surface area contributed by atoms with E-state index in [1.165, 1.54) is 0 Å². The first-order chi connectivity index (χ1) is 21.4. The molecule has 0 aromatic heterocycles. The Balaban J connectivity index is 1.83. The summed E-state index contributed by atoms with van der Waals surface area (Å²) in [7, 11) is 0. The van der Waals surface area contributed by atoms with Gasteiger partial charge in [0.25, 0.3) is 0 Å². The highest BCUT2D eigenvalue weighted by molar-refractivity contribution is 5.81. The number of ether oxygens (including phenoxy) is 6. The normalized spacial score (nSPS) is 10.2. The molecule has 9 heteroatoms. The van der Waals surface area contributed by atoms with Crippen LogP contribution < -0.4 is 14.2 Å². The van der Waals surface area contributed by atoms with E-state index in [2.05, 4.69) is 19.7 Å². The SMILES string of the molecule is C=CC(=O)OCCOc1ccccc1Cc1cccc(Cc2ccccc2OCCOC(=O)C=C)c1OCCOC(=O)C=C. The van der Waals surface area contributed by atoms with Crippen LogP contribution in [0.25, 0.3) is 0 Å². The van der Waals surface area contributed by atoms with Crippen LogP contribution in [0.4, 0.5) is 0 Å². The van der Waals surface area contributed by atoms with Crippen LogP contribution >= 0.6 is 0 Å². The molecule has 0 spiro atoms. The first-order valence-corrected chi connectivity index (χ1v) is 14.0. The Hall–Kier alpha value is -5.31. The second-order valence-electron chi connectivity index (χ2n) is 9.13. The third-order valence-electron chi connectivity index (χ3n) is 6.13. The van der Waals surface area contributed by atoms with Crippen molar-refractivity contribution < 1.29 is 42.8 Å². The van der Waals surface area contributed by atoms with E-state index in [4.69, 9.17) is 28.4 Å². The van der Waals surface area contributed by atoms with Gasteiger partial charge in [-0.3, -0.25) is 0 Å². The van der Waals surface area contributed by atoms with Gasteiger partial charge in [-0.1, -0.05) is 74.3 Å². The highest BCUT2D eigenvalue weighted by Crippen LogP contribution is 2.33. The predicted octanol–water partition coefficient (Wildman–Crippen LogP) is 5.19. The van der Waals surface area contributed by atoms with Crippen LogP contribution in [-0.4, -0.2) is 57.5 Å². The number of hydrogen-bond acceptors (Lipinski definition) is 9. The van der Waals surface area contributed by atoms with Crippen LogP contribution in [0.1, 0.15) is 22.3 Å². The molecule has 0 amide bonds. The predicted molar refractivity (Wildman–Crippen MR) is 165 cm³/mol. The lowest BCUT2D eigenvalue weighted by Gasteiger charge is -2.19. The standard InChI is InChI=1S/C35H36O9/c1-4-32(36)41-20-18-39-30-16-9-7-12-26(30)24-28-14-11-15-29(35(28)44-23-22-43-34(38)6-3)25-27-13-8-10-17-31(27)40-19-21-42-33(37)5-2/h4-17H,1-3,18-25H2. The van der Waals surface area contributed by atoms with E-state index in [9.17, 15) is 14.4 Å². The lowest BCUT2D eigenvalue weighted by molar-refractivity contribution is -0.139. The summed E-state index contributed by atoms with van der Waals surface area (Å²) in [5.41, 5.74) is 3.59. The Morgan fingerprint density at radius 2 is 0.841 bits per heavy atom. The molecule has 0 saturated carbocycles. The fraction of sp³-hybridized carbons (Fsp3) is 0.229. The maximum Gasteiger partial charge on any atom is 0.330 e. The molecule has 9 nitrogen and oxygen atoms in total. The van der Waals surface area contributed by atoms with Crippen molar-refractivity contribution >= 4 is 17.9 Å². The number of carbonyl (C=O) groups excluding carboxylic acids is 3. The van der Waals surface area contributed by atoms with E-state index in [1.807, 2.05) is 66.7 Å². The number of para-hydroxylation sites is 3. The summed E-state index contributed by atoms with van der Waals surface area (Å²) in [4.78, 5) is 34.2. The van der Waals surface area contributed by atoms with Gasteiger partial charge in [-0.05, 0) is 34.4 Å². The van der Waals surface area contributed by atoms with Crippen LogP contribution in [0.2, 0.25) is 0 Å². The number of esters is 3. The van der Waals surface area contributed by atoms with Gasteiger partial charge in [-0.25, -0.2) is 14.4 Å². The van der Waals surface area contributed by atoms with E-state index in [-0.39, 0.29) is 39.6 Å². The van der Waals surface area contributed by atoms with Gasteiger partial charge in [0.2, 0.25) is 0 Å². The van der Waals surface area contributed by atoms with Gasteiger partial charge in [0.1, 0.15) is 56.9 Å². The Morgan fingerprint density at radius 3 is 1.25 bits per heavy atom. The van der Waals surface area contributed by atoms with Crippen LogP contribution in [0, 0.1) is 0 Å². The lowest BCUT2D eigenvalue weighted by atomic mass is 9.96. The van der Waals surface area contributed by atoms with Gasteiger partial charge in [0.05, 0.1) is 0 Å². The van der Waals surface area contributed by atoms with E-state index in [0.29, 0.717) is 30.1 Å². The first-order valence-electron chi connectivity index (χ1n) is 14.0. The van der Waals surface area contributed by atoms with Crippen molar-refractivity contribution in [1.29, 1.82) is 0 Å². The summed E-state index contributed by atoms with van der Waals surface area (Å²) in [6.45, 7) is 10.9. The molecule has 0 radical (unpaired) electrons. The molecule has 0 N–H and O–H groups in total. The Labute approximate surface area is 257 Å². The number of benzene rings is 3. The maximum atomic E-state index is 11.6. The molecular weight excluding hydrogens is 564 g/mol. The van der Waals surface area contributed by atoms with E-state index in [1.54, 1.807) is 0 Å². The fourth-order valence-corrected chi connectivity index (χ4v) is 4.14. The van der Waals surface area contributed by atoms with Gasteiger partial charge in [0.15, 0.2) is 0 Å². The highest BCUT2D eigenvalue weighted by Gasteiger charge is 2.16. The number of rotatable bonds is 19. The zero-order valence-corrected chi connectivity index (χ0v) is 24.5. The molecule has 0 unspecified atom stereocenters. The van der Waals surface area contributed by atoms with Gasteiger partial charge < -0.3 is 28.4 Å². The van der Waals surface area contributed by atoms with E-state index in [0.717, 1.165) is 40.5 Å². The number of carbonyl (C=O) groups is 3. The van der Waals surface area contributed by atoms with Crippen LogP contribution in [0.15, 0.2) is 105 Å². The summed E-state index contributed by atoms with van der Waals surface area (Å²) in [5.74, 6) is 0.386. The van der Waals surface area contributed by atoms with Gasteiger partial charge in [0, 0.05) is 31.1 Å². The fourth-order valence-electron chi connectivity index (χ4n) is 4.14. The van der Waals surface area contributed by atoms with Crippen LogP contribution in [-0.2, 0) is 41.4 Å². The topological polar surface area (TPSA) is 107 Å². The third kappa shape index (κ3) is 10.8. The molecule has 0 aliphatic heterocycles. The van der Waals surface area contributed by atoms with Gasteiger partial charge in [-0.2, -0.15) is 0 Å². The van der Waals surface area contributed by atoms with Crippen LogP contribution in [0.3, 0.4) is 0 Å². The second kappa shape index (κ2) is 18.3. The summed E-state index contributed by atoms with van der Waals surface area (Å²) < 4.78 is 33.2. The zero-order chi connectivity index (χ0) is 31.6. The summed E-state index contributed by atoms with van der Waals surface area (Å²) in [6, 6.07) is 21.1. The highest BCUT2D eigenvalue weighted by atomic mass is 16.6. The summed E-state index contributed by atoms with van der Waals surface area (Å²) in [5, 5.41) is 0. The molecule has 230 valence electrons. The van der Waals surface area contributed by atoms with Crippen molar-refractivity contribution in [2.75, 3.05) is 39.6 Å². The van der Waals surface area contributed by atoms with Crippen LogP contribution in [0.5, 0.6) is 17.2 Å². The molecule has 44 heavy (non-hydrogen) atoms. The average molecular weight is 601 g/mol. The minimum Gasteiger partial charge on any atom is -0.490 e. The largest absolute Gasteiger partial charge is 0.490 e. The zero-order valence-electron chi connectivity index (χ0n) is 24.5. The molecule has 3 aromatic carbocycles. The Morgan fingerprint density at radius 1 is 0.477 bits per heavy atom. The minimum absolute atomic E-state index is 0.0465. The van der Waals surface area contributed by atoms with Crippen molar-refractivity contribution in [3.63, 3.8) is 0 Å². The number of hydrogen-bond donors (Lipinski definition) is 0. The molecule has 0 atom stereocenters. The molecule has 3 aromatic rings. The minimum atomic E-state index is -0.531. The van der Waals surface area contributed by atoms with Crippen molar-refractivity contribution in [3.05, 3.63) is 127 Å². The van der Waals surface area contributed by atoms with Gasteiger partial charge in [-0.15, -0.1) is 0 Å². The summed E-state index contributed by atoms with van der Waals surface area (Å²) in [6.07, 6.45) is 4.26. The smallest absolute Gasteiger partial charge is 0.330 e. The molecule has 0 aliphatic rings. The van der Waals surface area contributed by atoms with Crippen molar-refractivity contribution in [1.82, 2.24) is 0 Å². The molecule has 0 fully saturated rings. The lowest BCUT2D eigenvalue weighted by Crippen LogP contribution is -2.13. The molecule has 0 bridgehead atoms. The third-order valence-corrected chi connectivity index (χ3v) is 6.13. The first kappa shape index (κ1) is 33.2.